The van der Waals surface area contributed by atoms with Crippen LogP contribution in [0.2, 0.25) is 0 Å². The maximum atomic E-state index is 12.3. The third-order valence-corrected chi connectivity index (χ3v) is 3.79. The van der Waals surface area contributed by atoms with Crippen molar-refractivity contribution < 1.29 is 9.53 Å². The van der Waals surface area contributed by atoms with Crippen molar-refractivity contribution in [1.82, 2.24) is 10.3 Å². The molecule has 1 aromatic heterocycles. The summed E-state index contributed by atoms with van der Waals surface area (Å²) in [5.74, 6) is 0.516. The number of H-pyrrole nitrogens is 1. The Balaban J connectivity index is 1.92. The van der Waals surface area contributed by atoms with E-state index in [1.54, 1.807) is 0 Å². The summed E-state index contributed by atoms with van der Waals surface area (Å²) in [6, 6.07) is 5.84. The van der Waals surface area contributed by atoms with Crippen LogP contribution in [0.1, 0.15) is 41.9 Å². The minimum atomic E-state index is -0.0318. The highest BCUT2D eigenvalue weighted by Crippen LogP contribution is 2.24. The van der Waals surface area contributed by atoms with E-state index < -0.39 is 0 Å². The Kier molecular flexibility index (Phi) is 5.61. The van der Waals surface area contributed by atoms with Gasteiger partial charge in [-0.2, -0.15) is 0 Å². The van der Waals surface area contributed by atoms with Crippen LogP contribution in [0.25, 0.3) is 10.9 Å². The molecule has 4 nitrogen and oxygen atoms in total. The third-order valence-electron chi connectivity index (χ3n) is 3.79. The zero-order valence-electron chi connectivity index (χ0n) is 14.0. The first-order valence-corrected chi connectivity index (χ1v) is 7.94. The van der Waals surface area contributed by atoms with E-state index in [4.69, 9.17) is 4.74 Å². The average Bonchev–Trinajstić information content (AvgIpc) is 2.77. The van der Waals surface area contributed by atoms with Crippen LogP contribution in [0.15, 0.2) is 18.2 Å². The zero-order chi connectivity index (χ0) is 16.1. The van der Waals surface area contributed by atoms with Crippen molar-refractivity contribution in [3.05, 3.63) is 35.0 Å². The monoisotopic (exact) mass is 302 g/mol. The van der Waals surface area contributed by atoms with Gasteiger partial charge in [0.1, 0.15) is 0 Å². The number of nitrogens with one attached hydrogen (secondary N) is 2. The molecule has 0 radical (unpaired) electrons. The number of para-hydroxylation sites is 1. The lowest BCUT2D eigenvalue weighted by atomic mass is 10.1. The van der Waals surface area contributed by atoms with E-state index in [9.17, 15) is 4.79 Å². The number of hydrogen-bond acceptors (Lipinski definition) is 2. The maximum absolute atomic E-state index is 12.3. The van der Waals surface area contributed by atoms with Gasteiger partial charge < -0.3 is 15.0 Å². The van der Waals surface area contributed by atoms with E-state index in [1.165, 1.54) is 5.56 Å². The van der Waals surface area contributed by atoms with Gasteiger partial charge in [0, 0.05) is 30.8 Å². The number of amides is 1. The summed E-state index contributed by atoms with van der Waals surface area (Å²) in [6.45, 7) is 10.4. The Bertz CT molecular complexity index is 644. The maximum Gasteiger partial charge on any atom is 0.253 e. The summed E-state index contributed by atoms with van der Waals surface area (Å²) in [7, 11) is 0. The van der Waals surface area contributed by atoms with Gasteiger partial charge in [0.25, 0.3) is 5.91 Å². The van der Waals surface area contributed by atoms with Crippen LogP contribution < -0.4 is 5.32 Å². The first-order chi connectivity index (χ1) is 10.5. The standard InChI is InChI=1S/C18H26N2O2/c1-12(2)11-22-10-6-9-19-18(21)16-8-5-7-15-13(3)14(4)20-17(15)16/h5,7-8,12,20H,6,9-11H2,1-4H3,(H,19,21). The van der Waals surface area contributed by atoms with Crippen molar-refractivity contribution in [2.75, 3.05) is 19.8 Å². The van der Waals surface area contributed by atoms with Crippen molar-refractivity contribution in [2.45, 2.75) is 34.1 Å². The number of fused-ring (bicyclic) bond motifs is 1. The average molecular weight is 302 g/mol. The molecule has 0 aliphatic carbocycles. The number of carbonyl (C=O) groups excluding carboxylic acids is 1. The Hall–Kier alpha value is -1.81. The van der Waals surface area contributed by atoms with Gasteiger partial charge in [0.15, 0.2) is 0 Å². The van der Waals surface area contributed by atoms with E-state index in [0.717, 1.165) is 29.6 Å². The van der Waals surface area contributed by atoms with Gasteiger partial charge in [-0.15, -0.1) is 0 Å². The highest BCUT2D eigenvalue weighted by molar-refractivity contribution is 6.06. The lowest BCUT2D eigenvalue weighted by Gasteiger charge is -2.08. The van der Waals surface area contributed by atoms with Crippen molar-refractivity contribution in [2.24, 2.45) is 5.92 Å². The zero-order valence-corrected chi connectivity index (χ0v) is 14.0. The van der Waals surface area contributed by atoms with Crippen molar-refractivity contribution >= 4 is 16.8 Å². The van der Waals surface area contributed by atoms with Crippen LogP contribution in [0, 0.1) is 19.8 Å². The van der Waals surface area contributed by atoms with Crippen LogP contribution in [-0.2, 0) is 4.74 Å². The topological polar surface area (TPSA) is 54.1 Å². The number of carbonyl (C=O) groups is 1. The summed E-state index contributed by atoms with van der Waals surface area (Å²) in [5, 5.41) is 4.09. The van der Waals surface area contributed by atoms with Crippen LogP contribution in [0.4, 0.5) is 0 Å². The van der Waals surface area contributed by atoms with Crippen LogP contribution in [-0.4, -0.2) is 30.6 Å². The second-order valence-electron chi connectivity index (χ2n) is 6.18. The molecule has 0 fully saturated rings. The molecule has 0 unspecified atom stereocenters. The van der Waals surface area contributed by atoms with Crippen molar-refractivity contribution in [3.8, 4) is 0 Å². The number of aryl methyl sites for hydroxylation is 2. The fourth-order valence-corrected chi connectivity index (χ4v) is 2.46. The van der Waals surface area contributed by atoms with Crippen molar-refractivity contribution in [3.63, 3.8) is 0 Å². The first kappa shape index (κ1) is 16.6. The summed E-state index contributed by atoms with van der Waals surface area (Å²) in [4.78, 5) is 15.7. The minimum absolute atomic E-state index is 0.0318. The molecule has 0 aliphatic rings. The Morgan fingerprint density at radius 2 is 2.09 bits per heavy atom. The van der Waals surface area contributed by atoms with Crippen LogP contribution >= 0.6 is 0 Å². The lowest BCUT2D eigenvalue weighted by Crippen LogP contribution is -2.25. The van der Waals surface area contributed by atoms with Gasteiger partial charge in [-0.3, -0.25) is 4.79 Å². The number of ether oxygens (including phenoxy) is 1. The predicted octanol–water partition coefficient (Wildman–Crippen LogP) is 3.58. The summed E-state index contributed by atoms with van der Waals surface area (Å²) < 4.78 is 5.51. The number of aromatic amines is 1. The van der Waals surface area contributed by atoms with Crippen LogP contribution in [0.5, 0.6) is 0 Å². The Morgan fingerprint density at radius 1 is 1.32 bits per heavy atom. The van der Waals surface area contributed by atoms with E-state index >= 15 is 0 Å². The van der Waals surface area contributed by atoms with Gasteiger partial charge in [-0.1, -0.05) is 26.0 Å². The van der Waals surface area contributed by atoms with E-state index in [1.807, 2.05) is 25.1 Å². The smallest absolute Gasteiger partial charge is 0.253 e. The van der Waals surface area contributed by atoms with Gasteiger partial charge >= 0.3 is 0 Å². The first-order valence-electron chi connectivity index (χ1n) is 7.94. The molecule has 2 aromatic rings. The van der Waals surface area contributed by atoms with Gasteiger partial charge in [0.05, 0.1) is 11.1 Å². The molecule has 0 aliphatic heterocycles. The second-order valence-corrected chi connectivity index (χ2v) is 6.18. The van der Waals surface area contributed by atoms with Gasteiger partial charge in [0.2, 0.25) is 0 Å². The molecule has 1 heterocycles. The molecule has 4 heteroatoms. The van der Waals surface area contributed by atoms with E-state index in [-0.39, 0.29) is 5.91 Å². The Labute approximate surface area is 132 Å². The highest BCUT2D eigenvalue weighted by Gasteiger charge is 2.13. The lowest BCUT2D eigenvalue weighted by molar-refractivity contribution is 0.0926. The molecule has 0 saturated heterocycles. The molecule has 2 rings (SSSR count). The predicted molar refractivity (Wildman–Crippen MR) is 90.4 cm³/mol. The fraction of sp³-hybridized carbons (Fsp3) is 0.500. The molecule has 2 N–H and O–H groups in total. The molecular formula is C18H26N2O2. The molecule has 0 bridgehead atoms. The van der Waals surface area contributed by atoms with E-state index in [2.05, 4.69) is 31.1 Å². The molecule has 0 atom stereocenters. The summed E-state index contributed by atoms with van der Waals surface area (Å²) in [5.41, 5.74) is 3.94. The number of hydrogen-bond donors (Lipinski definition) is 2. The quantitative estimate of drug-likeness (QED) is 0.768. The Morgan fingerprint density at radius 3 is 2.82 bits per heavy atom. The normalized spacial score (nSPS) is 11.3. The van der Waals surface area contributed by atoms with E-state index in [0.29, 0.717) is 24.6 Å². The summed E-state index contributed by atoms with van der Waals surface area (Å²) >= 11 is 0. The molecule has 22 heavy (non-hydrogen) atoms. The molecule has 1 aromatic carbocycles. The van der Waals surface area contributed by atoms with Crippen LogP contribution in [0.3, 0.4) is 0 Å². The number of benzene rings is 1. The minimum Gasteiger partial charge on any atom is -0.381 e. The van der Waals surface area contributed by atoms with Gasteiger partial charge in [-0.05, 0) is 37.8 Å². The third kappa shape index (κ3) is 3.89. The summed E-state index contributed by atoms with van der Waals surface area (Å²) in [6.07, 6.45) is 0.831. The molecule has 0 spiro atoms. The molecule has 1 amide bonds. The van der Waals surface area contributed by atoms with Crippen molar-refractivity contribution in [1.29, 1.82) is 0 Å². The molecule has 120 valence electrons. The number of aromatic nitrogens is 1. The fourth-order valence-electron chi connectivity index (χ4n) is 2.46. The highest BCUT2D eigenvalue weighted by atomic mass is 16.5. The largest absolute Gasteiger partial charge is 0.381 e. The second kappa shape index (κ2) is 7.45. The SMILES string of the molecule is Cc1[nH]c2c(C(=O)NCCCOCC(C)C)cccc2c1C. The van der Waals surface area contributed by atoms with Gasteiger partial charge in [-0.25, -0.2) is 0 Å². The molecular weight excluding hydrogens is 276 g/mol. The molecule has 0 saturated carbocycles. The number of rotatable bonds is 7.